The molecule has 3 nitrogen and oxygen atoms in total. The molecule has 0 radical (unpaired) electrons. The number of hydrogen-bond donors (Lipinski definition) is 1. The zero-order chi connectivity index (χ0) is 12.0. The third-order valence-corrected chi connectivity index (χ3v) is 2.85. The Hall–Kier alpha value is -1.22. The Balaban J connectivity index is 2.96. The molecule has 1 rings (SSSR count). The third kappa shape index (κ3) is 2.89. The van der Waals surface area contributed by atoms with E-state index in [1.165, 1.54) is 5.56 Å². The van der Waals surface area contributed by atoms with Crippen LogP contribution in [-0.2, 0) is 0 Å². The average molecular weight is 224 g/mol. The smallest absolute Gasteiger partial charge is 0.160 e. The highest BCUT2D eigenvalue weighted by atomic mass is 16.5. The molecule has 0 saturated heterocycles. The van der Waals surface area contributed by atoms with Gasteiger partial charge in [0.15, 0.2) is 11.5 Å². The van der Waals surface area contributed by atoms with Crippen LogP contribution in [0, 0.1) is 0 Å². The molecule has 0 aliphatic rings. The van der Waals surface area contributed by atoms with Gasteiger partial charge in [0.1, 0.15) is 0 Å². The fraction of sp³-hybridized carbons (Fsp3) is 0.538. The van der Waals surface area contributed by atoms with Crippen molar-refractivity contribution in [1.29, 1.82) is 0 Å². The maximum Gasteiger partial charge on any atom is 0.160 e. The van der Waals surface area contributed by atoms with Crippen LogP contribution in [0.4, 0.5) is 0 Å². The largest absolute Gasteiger partial charge is 0.493 e. The lowest BCUT2D eigenvalue weighted by Gasteiger charge is -2.16. The number of methoxy groups -OCH3 is 2. The summed E-state index contributed by atoms with van der Waals surface area (Å²) in [4.78, 5) is 0. The minimum absolute atomic E-state index is 0.215. The highest BCUT2D eigenvalue weighted by molar-refractivity contribution is 5.43. The van der Waals surface area contributed by atoms with E-state index in [1.54, 1.807) is 14.2 Å². The zero-order valence-electron chi connectivity index (χ0n) is 10.2. The second-order valence-electron chi connectivity index (χ2n) is 3.73. The fourth-order valence-corrected chi connectivity index (χ4v) is 1.87. The Bertz CT molecular complexity index is 323. The van der Waals surface area contributed by atoms with Gasteiger partial charge in [0, 0.05) is 6.61 Å². The highest BCUT2D eigenvalue weighted by Gasteiger charge is 2.12. The standard InChI is InChI=1S/C13H20O3/c1-4-10(7-8-14)11-5-6-12(15-2)13(9-11)16-3/h5-6,9-10,14H,4,7-8H2,1-3H3. The maximum atomic E-state index is 9.00. The van der Waals surface area contributed by atoms with Crippen LogP contribution in [0.25, 0.3) is 0 Å². The summed E-state index contributed by atoms with van der Waals surface area (Å²) in [6, 6.07) is 5.93. The maximum absolute atomic E-state index is 9.00. The molecule has 0 aromatic heterocycles. The molecule has 0 fully saturated rings. The summed E-state index contributed by atoms with van der Waals surface area (Å²) >= 11 is 0. The van der Waals surface area contributed by atoms with Gasteiger partial charge in [-0.2, -0.15) is 0 Å². The molecule has 1 N–H and O–H groups in total. The van der Waals surface area contributed by atoms with Crippen LogP contribution in [0.2, 0.25) is 0 Å². The number of benzene rings is 1. The summed E-state index contributed by atoms with van der Waals surface area (Å²) in [5.41, 5.74) is 1.19. The molecule has 0 saturated carbocycles. The first kappa shape index (κ1) is 12.8. The van der Waals surface area contributed by atoms with Crippen LogP contribution in [0.5, 0.6) is 11.5 Å². The second-order valence-corrected chi connectivity index (χ2v) is 3.73. The van der Waals surface area contributed by atoms with E-state index in [2.05, 4.69) is 6.92 Å². The SMILES string of the molecule is CCC(CCO)c1ccc(OC)c(OC)c1. The van der Waals surface area contributed by atoms with Crippen molar-refractivity contribution in [2.45, 2.75) is 25.7 Å². The van der Waals surface area contributed by atoms with Gasteiger partial charge in [-0.3, -0.25) is 0 Å². The first-order valence-electron chi connectivity index (χ1n) is 5.59. The Labute approximate surface area is 97.0 Å². The van der Waals surface area contributed by atoms with Gasteiger partial charge >= 0.3 is 0 Å². The summed E-state index contributed by atoms with van der Waals surface area (Å²) in [6.45, 7) is 2.34. The van der Waals surface area contributed by atoms with E-state index in [0.29, 0.717) is 5.92 Å². The number of hydrogen-bond acceptors (Lipinski definition) is 3. The lowest BCUT2D eigenvalue weighted by molar-refractivity contribution is 0.273. The van der Waals surface area contributed by atoms with Crippen LogP contribution in [-0.4, -0.2) is 25.9 Å². The summed E-state index contributed by atoms with van der Waals surface area (Å²) in [5, 5.41) is 9.00. The van der Waals surface area contributed by atoms with Gasteiger partial charge in [-0.1, -0.05) is 13.0 Å². The van der Waals surface area contributed by atoms with Gasteiger partial charge < -0.3 is 14.6 Å². The summed E-state index contributed by atoms with van der Waals surface area (Å²) in [7, 11) is 3.26. The van der Waals surface area contributed by atoms with E-state index in [1.807, 2.05) is 18.2 Å². The summed E-state index contributed by atoms with van der Waals surface area (Å²) in [5.74, 6) is 1.87. The van der Waals surface area contributed by atoms with Gasteiger partial charge in [0.25, 0.3) is 0 Å². The van der Waals surface area contributed by atoms with Gasteiger partial charge in [0.2, 0.25) is 0 Å². The number of ether oxygens (including phenoxy) is 2. The molecule has 1 aromatic carbocycles. The van der Waals surface area contributed by atoms with Gasteiger partial charge in [-0.15, -0.1) is 0 Å². The summed E-state index contributed by atoms with van der Waals surface area (Å²) in [6.07, 6.45) is 1.79. The van der Waals surface area contributed by atoms with Crippen molar-refractivity contribution in [2.24, 2.45) is 0 Å². The average Bonchev–Trinajstić information content (AvgIpc) is 2.35. The van der Waals surface area contributed by atoms with E-state index in [9.17, 15) is 0 Å². The minimum atomic E-state index is 0.215. The Morgan fingerprint density at radius 3 is 2.38 bits per heavy atom. The predicted molar refractivity (Wildman–Crippen MR) is 64.3 cm³/mol. The van der Waals surface area contributed by atoms with Gasteiger partial charge in [-0.25, -0.2) is 0 Å². The first-order valence-corrected chi connectivity index (χ1v) is 5.59. The quantitative estimate of drug-likeness (QED) is 0.807. The number of rotatable bonds is 6. The normalized spacial score (nSPS) is 12.2. The lowest BCUT2D eigenvalue weighted by Crippen LogP contribution is -2.01. The van der Waals surface area contributed by atoms with Crippen molar-refractivity contribution in [3.8, 4) is 11.5 Å². The second kappa shape index (κ2) is 6.38. The fourth-order valence-electron chi connectivity index (χ4n) is 1.87. The zero-order valence-corrected chi connectivity index (χ0v) is 10.2. The van der Waals surface area contributed by atoms with Crippen LogP contribution in [0.1, 0.15) is 31.2 Å². The van der Waals surface area contributed by atoms with E-state index in [4.69, 9.17) is 14.6 Å². The van der Waals surface area contributed by atoms with Crippen LogP contribution >= 0.6 is 0 Å². The number of aliphatic hydroxyl groups is 1. The molecule has 0 aliphatic carbocycles. The highest BCUT2D eigenvalue weighted by Crippen LogP contribution is 2.32. The summed E-state index contributed by atoms with van der Waals surface area (Å²) < 4.78 is 10.5. The van der Waals surface area contributed by atoms with Crippen molar-refractivity contribution in [3.63, 3.8) is 0 Å². The molecule has 3 heteroatoms. The molecule has 90 valence electrons. The molecule has 1 atom stereocenters. The molecule has 0 amide bonds. The van der Waals surface area contributed by atoms with Crippen molar-refractivity contribution in [2.75, 3.05) is 20.8 Å². The molecule has 0 aliphatic heterocycles. The van der Waals surface area contributed by atoms with Crippen molar-refractivity contribution in [3.05, 3.63) is 23.8 Å². The topological polar surface area (TPSA) is 38.7 Å². The van der Waals surface area contributed by atoms with Crippen molar-refractivity contribution >= 4 is 0 Å². The Morgan fingerprint density at radius 2 is 1.88 bits per heavy atom. The van der Waals surface area contributed by atoms with Crippen LogP contribution in [0.3, 0.4) is 0 Å². The van der Waals surface area contributed by atoms with E-state index in [0.717, 1.165) is 24.3 Å². The molecule has 0 heterocycles. The number of aliphatic hydroxyl groups excluding tert-OH is 1. The molecular formula is C13H20O3. The van der Waals surface area contributed by atoms with Crippen molar-refractivity contribution < 1.29 is 14.6 Å². The predicted octanol–water partition coefficient (Wildman–Crippen LogP) is 2.58. The van der Waals surface area contributed by atoms with E-state index >= 15 is 0 Å². The molecule has 0 bridgehead atoms. The monoisotopic (exact) mass is 224 g/mol. The third-order valence-electron chi connectivity index (χ3n) is 2.85. The Morgan fingerprint density at radius 1 is 1.19 bits per heavy atom. The van der Waals surface area contributed by atoms with Crippen molar-refractivity contribution in [1.82, 2.24) is 0 Å². The lowest BCUT2D eigenvalue weighted by atomic mass is 9.93. The van der Waals surface area contributed by atoms with Gasteiger partial charge in [-0.05, 0) is 36.5 Å². The molecule has 0 spiro atoms. The van der Waals surface area contributed by atoms with Crippen LogP contribution < -0.4 is 9.47 Å². The Kier molecular flexibility index (Phi) is 5.12. The molecule has 1 aromatic rings. The van der Waals surface area contributed by atoms with Crippen LogP contribution in [0.15, 0.2) is 18.2 Å². The van der Waals surface area contributed by atoms with Gasteiger partial charge in [0.05, 0.1) is 14.2 Å². The van der Waals surface area contributed by atoms with E-state index < -0.39 is 0 Å². The molecule has 16 heavy (non-hydrogen) atoms. The van der Waals surface area contributed by atoms with E-state index in [-0.39, 0.29) is 6.61 Å². The molecular weight excluding hydrogens is 204 g/mol. The minimum Gasteiger partial charge on any atom is -0.493 e. The first-order chi connectivity index (χ1) is 7.76. The molecule has 1 unspecified atom stereocenters.